The number of carbonyl (C=O) groups is 1. The summed E-state index contributed by atoms with van der Waals surface area (Å²) in [5, 5.41) is 0.400. The lowest BCUT2D eigenvalue weighted by molar-refractivity contribution is 0.0982. The molecule has 0 aliphatic heterocycles. The van der Waals surface area contributed by atoms with Crippen LogP contribution in [0.1, 0.15) is 23.2 Å². The molecule has 0 aliphatic carbocycles. The first-order valence-electron chi connectivity index (χ1n) is 5.05. The first-order chi connectivity index (χ1) is 7.78. The maximum absolute atomic E-state index is 11.7. The summed E-state index contributed by atoms with van der Waals surface area (Å²) >= 11 is 5.77. The smallest absolute Gasteiger partial charge is 0.163 e. The summed E-state index contributed by atoms with van der Waals surface area (Å²) in [6, 6.07) is 4.62. The molecule has 17 heavy (non-hydrogen) atoms. The van der Waals surface area contributed by atoms with Gasteiger partial charge < -0.3 is 5.73 Å². The Balaban J connectivity index is 2.64. The first-order valence-corrected chi connectivity index (χ1v) is 7.49. The van der Waals surface area contributed by atoms with E-state index in [4.69, 9.17) is 17.3 Å². The van der Waals surface area contributed by atoms with Crippen LogP contribution >= 0.6 is 11.6 Å². The largest absolute Gasteiger partial charge is 0.399 e. The van der Waals surface area contributed by atoms with Gasteiger partial charge in [0, 0.05) is 29.0 Å². The van der Waals surface area contributed by atoms with Crippen LogP contribution in [0.4, 0.5) is 5.69 Å². The van der Waals surface area contributed by atoms with Crippen molar-refractivity contribution in [3.8, 4) is 0 Å². The molecule has 1 rings (SSSR count). The third-order valence-electron chi connectivity index (χ3n) is 2.16. The van der Waals surface area contributed by atoms with E-state index in [0.717, 1.165) is 6.26 Å². The van der Waals surface area contributed by atoms with Gasteiger partial charge in [-0.1, -0.05) is 11.6 Å². The van der Waals surface area contributed by atoms with Gasteiger partial charge in [0.25, 0.3) is 0 Å². The predicted molar refractivity (Wildman–Crippen MR) is 69.1 cm³/mol. The topological polar surface area (TPSA) is 77.2 Å². The number of halogens is 1. The number of carbonyl (C=O) groups excluding carboxylic acids is 1. The van der Waals surface area contributed by atoms with Crippen LogP contribution in [0.2, 0.25) is 5.02 Å². The number of sulfone groups is 1. The molecular weight excluding hydrogens is 262 g/mol. The summed E-state index contributed by atoms with van der Waals surface area (Å²) in [7, 11) is -3.02. The molecule has 0 aromatic heterocycles. The molecule has 0 bridgehead atoms. The highest BCUT2D eigenvalue weighted by molar-refractivity contribution is 7.90. The minimum Gasteiger partial charge on any atom is -0.399 e. The third kappa shape index (κ3) is 5.19. The quantitative estimate of drug-likeness (QED) is 0.658. The second kappa shape index (κ2) is 5.51. The molecule has 0 spiro atoms. The van der Waals surface area contributed by atoms with Gasteiger partial charge >= 0.3 is 0 Å². The molecule has 0 heterocycles. The highest BCUT2D eigenvalue weighted by Crippen LogP contribution is 2.18. The van der Waals surface area contributed by atoms with Crippen LogP contribution in [-0.4, -0.2) is 26.2 Å². The lowest BCUT2D eigenvalue weighted by Gasteiger charge is -2.03. The average Bonchev–Trinajstić information content (AvgIpc) is 2.13. The molecule has 0 atom stereocenters. The van der Waals surface area contributed by atoms with Gasteiger partial charge in [-0.15, -0.1) is 0 Å². The number of nitrogens with two attached hydrogens (primary N) is 1. The maximum atomic E-state index is 11.7. The van der Waals surface area contributed by atoms with Crippen molar-refractivity contribution in [2.45, 2.75) is 12.8 Å². The van der Waals surface area contributed by atoms with Crippen molar-refractivity contribution in [3.63, 3.8) is 0 Å². The molecule has 6 heteroatoms. The van der Waals surface area contributed by atoms with Crippen LogP contribution in [0.15, 0.2) is 18.2 Å². The summed E-state index contributed by atoms with van der Waals surface area (Å²) in [5.74, 6) is -0.141. The fourth-order valence-electron chi connectivity index (χ4n) is 1.41. The molecule has 0 saturated carbocycles. The Hall–Kier alpha value is -1.07. The number of benzene rings is 1. The van der Waals surface area contributed by atoms with Crippen LogP contribution in [-0.2, 0) is 9.84 Å². The Morgan fingerprint density at radius 3 is 2.53 bits per heavy atom. The van der Waals surface area contributed by atoms with Gasteiger partial charge in [0.15, 0.2) is 5.78 Å². The summed E-state index contributed by atoms with van der Waals surface area (Å²) in [4.78, 5) is 11.7. The van der Waals surface area contributed by atoms with E-state index in [1.54, 1.807) is 6.07 Å². The Kier molecular flexibility index (Phi) is 4.54. The number of Topliss-reactive ketones (excluding diaryl/α,β-unsaturated/α-hetero) is 1. The van der Waals surface area contributed by atoms with E-state index in [1.165, 1.54) is 12.1 Å². The van der Waals surface area contributed by atoms with E-state index in [2.05, 4.69) is 0 Å². The van der Waals surface area contributed by atoms with Gasteiger partial charge in [-0.25, -0.2) is 8.42 Å². The summed E-state index contributed by atoms with van der Waals surface area (Å²) < 4.78 is 21.8. The zero-order valence-corrected chi connectivity index (χ0v) is 11.0. The van der Waals surface area contributed by atoms with E-state index in [-0.39, 0.29) is 18.0 Å². The van der Waals surface area contributed by atoms with Crippen LogP contribution in [0.3, 0.4) is 0 Å². The minimum atomic E-state index is -3.02. The van der Waals surface area contributed by atoms with Gasteiger partial charge in [-0.05, 0) is 24.6 Å². The minimum absolute atomic E-state index is 0.00872. The molecule has 4 nitrogen and oxygen atoms in total. The van der Waals surface area contributed by atoms with Crippen LogP contribution in [0, 0.1) is 0 Å². The zero-order chi connectivity index (χ0) is 13.1. The van der Waals surface area contributed by atoms with E-state index < -0.39 is 9.84 Å². The lowest BCUT2D eigenvalue weighted by atomic mass is 10.1. The normalized spacial score (nSPS) is 11.4. The van der Waals surface area contributed by atoms with E-state index in [1.807, 2.05) is 0 Å². The maximum Gasteiger partial charge on any atom is 0.163 e. The van der Waals surface area contributed by atoms with Crippen molar-refractivity contribution in [1.29, 1.82) is 0 Å². The van der Waals surface area contributed by atoms with Crippen LogP contribution < -0.4 is 5.73 Å². The fourth-order valence-corrected chi connectivity index (χ4v) is 2.32. The van der Waals surface area contributed by atoms with Crippen LogP contribution in [0.25, 0.3) is 0 Å². The van der Waals surface area contributed by atoms with Crippen molar-refractivity contribution in [2.75, 3.05) is 17.7 Å². The summed E-state index contributed by atoms with van der Waals surface area (Å²) in [6.07, 6.45) is 1.63. The molecule has 94 valence electrons. The summed E-state index contributed by atoms with van der Waals surface area (Å²) in [6.45, 7) is 0. The van der Waals surface area contributed by atoms with Crippen molar-refractivity contribution in [1.82, 2.24) is 0 Å². The number of nitrogen functional groups attached to an aromatic ring is 1. The molecule has 1 aromatic rings. The SMILES string of the molecule is CS(=O)(=O)CCCC(=O)c1cc(N)cc(Cl)c1. The van der Waals surface area contributed by atoms with Gasteiger partial charge in [-0.3, -0.25) is 4.79 Å². The molecule has 0 unspecified atom stereocenters. The Morgan fingerprint density at radius 2 is 2.00 bits per heavy atom. The molecule has 1 aromatic carbocycles. The van der Waals surface area contributed by atoms with E-state index in [9.17, 15) is 13.2 Å². The first kappa shape index (κ1) is 14.0. The van der Waals surface area contributed by atoms with Crippen molar-refractivity contribution in [2.24, 2.45) is 0 Å². The predicted octanol–water partition coefficient (Wildman–Crippen LogP) is 1.93. The number of anilines is 1. The highest BCUT2D eigenvalue weighted by Gasteiger charge is 2.09. The zero-order valence-electron chi connectivity index (χ0n) is 9.44. The van der Waals surface area contributed by atoms with Crippen molar-refractivity contribution < 1.29 is 13.2 Å². The van der Waals surface area contributed by atoms with Gasteiger partial charge in [0.05, 0.1) is 5.75 Å². The molecule has 0 saturated heterocycles. The molecule has 0 fully saturated rings. The van der Waals surface area contributed by atoms with E-state index in [0.29, 0.717) is 22.7 Å². The molecule has 2 N–H and O–H groups in total. The number of hydrogen-bond acceptors (Lipinski definition) is 4. The monoisotopic (exact) mass is 275 g/mol. The lowest BCUT2D eigenvalue weighted by Crippen LogP contribution is -2.07. The number of ketones is 1. The number of rotatable bonds is 5. The highest BCUT2D eigenvalue weighted by atomic mass is 35.5. The average molecular weight is 276 g/mol. The molecule has 0 aliphatic rings. The molecule has 0 amide bonds. The van der Waals surface area contributed by atoms with Crippen molar-refractivity contribution >= 4 is 32.9 Å². The standard InChI is InChI=1S/C11H14ClNO3S/c1-17(15,16)4-2-3-11(14)8-5-9(12)7-10(13)6-8/h5-7H,2-4,13H2,1H3. The van der Waals surface area contributed by atoms with Gasteiger partial charge in [0.2, 0.25) is 0 Å². The Bertz CT molecular complexity index is 505. The second-order valence-corrected chi connectivity index (χ2v) is 6.63. The second-order valence-electron chi connectivity index (χ2n) is 3.93. The van der Waals surface area contributed by atoms with Gasteiger partial charge in [-0.2, -0.15) is 0 Å². The fraction of sp³-hybridized carbons (Fsp3) is 0.364. The van der Waals surface area contributed by atoms with Gasteiger partial charge in [0.1, 0.15) is 9.84 Å². The van der Waals surface area contributed by atoms with E-state index >= 15 is 0 Å². The van der Waals surface area contributed by atoms with Crippen molar-refractivity contribution in [3.05, 3.63) is 28.8 Å². The van der Waals surface area contributed by atoms with Crippen LogP contribution in [0.5, 0.6) is 0 Å². The Morgan fingerprint density at radius 1 is 1.35 bits per heavy atom. The molecular formula is C11H14ClNO3S. The number of hydrogen-bond donors (Lipinski definition) is 1. The Labute approximate surface area is 106 Å². The third-order valence-corrected chi connectivity index (χ3v) is 3.41. The molecule has 0 radical (unpaired) electrons. The summed E-state index contributed by atoms with van der Waals surface area (Å²) in [5.41, 5.74) is 6.40.